The SMILES string of the molecule is CC1(N)N=NCC1c1nc2ccc(CN3CCOCC3)cc2s1. The smallest absolute Gasteiger partial charge is 0.137 e. The highest BCUT2D eigenvalue weighted by Crippen LogP contribution is 2.37. The predicted octanol–water partition coefficient (Wildman–Crippen LogP) is 2.35. The van der Waals surface area contributed by atoms with Crippen molar-refractivity contribution in [2.75, 3.05) is 32.8 Å². The summed E-state index contributed by atoms with van der Waals surface area (Å²) in [4.78, 5) is 7.19. The Labute approximate surface area is 139 Å². The number of hydrogen-bond acceptors (Lipinski definition) is 7. The molecular formula is C16H21N5OS. The molecule has 0 spiro atoms. The maximum Gasteiger partial charge on any atom is 0.137 e. The molecule has 122 valence electrons. The van der Waals surface area contributed by atoms with E-state index < -0.39 is 5.66 Å². The molecule has 0 radical (unpaired) electrons. The number of azo groups is 1. The second-order valence-corrected chi connectivity index (χ2v) is 7.51. The fraction of sp³-hybridized carbons (Fsp3) is 0.562. The normalized spacial score (nSPS) is 28.7. The maximum atomic E-state index is 6.22. The fourth-order valence-corrected chi connectivity index (χ4v) is 4.36. The number of hydrogen-bond donors (Lipinski definition) is 1. The van der Waals surface area contributed by atoms with Gasteiger partial charge in [0.15, 0.2) is 0 Å². The van der Waals surface area contributed by atoms with E-state index in [0.29, 0.717) is 6.54 Å². The third-order valence-electron chi connectivity index (χ3n) is 4.53. The van der Waals surface area contributed by atoms with Crippen LogP contribution in [0.3, 0.4) is 0 Å². The number of fused-ring (bicyclic) bond motifs is 1. The summed E-state index contributed by atoms with van der Waals surface area (Å²) in [5.41, 5.74) is 7.95. The zero-order valence-electron chi connectivity index (χ0n) is 13.2. The number of aromatic nitrogens is 1. The Morgan fingerprint density at radius 2 is 2.22 bits per heavy atom. The van der Waals surface area contributed by atoms with Crippen molar-refractivity contribution in [1.29, 1.82) is 0 Å². The molecule has 4 rings (SSSR count). The first-order valence-electron chi connectivity index (χ1n) is 7.99. The van der Waals surface area contributed by atoms with Gasteiger partial charge >= 0.3 is 0 Å². The van der Waals surface area contributed by atoms with Gasteiger partial charge in [0.2, 0.25) is 0 Å². The van der Waals surface area contributed by atoms with E-state index in [-0.39, 0.29) is 5.92 Å². The van der Waals surface area contributed by atoms with E-state index in [1.54, 1.807) is 11.3 Å². The van der Waals surface area contributed by atoms with E-state index in [1.807, 2.05) is 6.92 Å². The Balaban J connectivity index is 1.57. The van der Waals surface area contributed by atoms with Gasteiger partial charge in [-0.3, -0.25) is 4.90 Å². The summed E-state index contributed by atoms with van der Waals surface area (Å²) in [7, 11) is 0. The fourth-order valence-electron chi connectivity index (χ4n) is 3.11. The van der Waals surface area contributed by atoms with Crippen molar-refractivity contribution in [3.05, 3.63) is 28.8 Å². The number of nitrogens with zero attached hydrogens (tertiary/aromatic N) is 4. The van der Waals surface area contributed by atoms with Crippen LogP contribution < -0.4 is 5.73 Å². The first kappa shape index (κ1) is 15.1. The van der Waals surface area contributed by atoms with Crippen LogP contribution in [-0.2, 0) is 11.3 Å². The average molecular weight is 331 g/mol. The Kier molecular flexibility index (Phi) is 3.88. The molecular weight excluding hydrogens is 310 g/mol. The summed E-state index contributed by atoms with van der Waals surface area (Å²) in [6, 6.07) is 6.54. The first-order valence-corrected chi connectivity index (χ1v) is 8.80. The molecule has 2 N–H and O–H groups in total. The lowest BCUT2D eigenvalue weighted by Gasteiger charge is -2.26. The summed E-state index contributed by atoms with van der Waals surface area (Å²) >= 11 is 1.72. The van der Waals surface area contributed by atoms with E-state index in [9.17, 15) is 0 Å². The summed E-state index contributed by atoms with van der Waals surface area (Å²) in [6.45, 7) is 7.19. The summed E-state index contributed by atoms with van der Waals surface area (Å²) in [5.74, 6) is 0.0857. The van der Waals surface area contributed by atoms with Crippen LogP contribution in [0.4, 0.5) is 0 Å². The van der Waals surface area contributed by atoms with Crippen LogP contribution in [0, 0.1) is 0 Å². The first-order chi connectivity index (χ1) is 11.1. The molecule has 1 aromatic carbocycles. The Bertz CT molecular complexity index is 735. The summed E-state index contributed by atoms with van der Waals surface area (Å²) in [5, 5.41) is 9.29. The quantitative estimate of drug-likeness (QED) is 0.937. The standard InChI is InChI=1S/C16H21N5OS/c1-16(17)12(9-18-20-16)15-19-13-3-2-11(8-14(13)23-15)10-21-4-6-22-7-5-21/h2-3,8,12H,4-7,9-10,17H2,1H3. The van der Waals surface area contributed by atoms with Crippen molar-refractivity contribution in [3.8, 4) is 0 Å². The Morgan fingerprint density at radius 3 is 2.96 bits per heavy atom. The summed E-state index contributed by atoms with van der Waals surface area (Å²) in [6.07, 6.45) is 0. The predicted molar refractivity (Wildman–Crippen MR) is 90.8 cm³/mol. The Hall–Kier alpha value is -1.41. The Morgan fingerprint density at radius 1 is 1.39 bits per heavy atom. The van der Waals surface area contributed by atoms with Crippen LogP contribution in [0.15, 0.2) is 28.4 Å². The molecule has 7 heteroatoms. The molecule has 3 heterocycles. The molecule has 0 amide bonds. The van der Waals surface area contributed by atoms with Crippen LogP contribution in [0.5, 0.6) is 0 Å². The number of rotatable bonds is 3. The van der Waals surface area contributed by atoms with Crippen molar-refractivity contribution in [1.82, 2.24) is 9.88 Å². The van der Waals surface area contributed by atoms with Crippen LogP contribution in [0.25, 0.3) is 10.2 Å². The minimum atomic E-state index is -0.634. The van der Waals surface area contributed by atoms with Crippen molar-refractivity contribution in [2.45, 2.75) is 25.0 Å². The lowest BCUT2D eigenvalue weighted by atomic mass is 9.98. The minimum Gasteiger partial charge on any atom is -0.379 e. The third kappa shape index (κ3) is 3.01. The van der Waals surface area contributed by atoms with E-state index in [4.69, 9.17) is 15.5 Å². The zero-order valence-corrected chi connectivity index (χ0v) is 14.1. The van der Waals surface area contributed by atoms with E-state index in [2.05, 4.69) is 33.3 Å². The number of ether oxygens (including phenoxy) is 1. The second-order valence-electron chi connectivity index (χ2n) is 6.45. The molecule has 1 fully saturated rings. The molecule has 2 aliphatic heterocycles. The minimum absolute atomic E-state index is 0.0857. The molecule has 1 aromatic heterocycles. The molecule has 2 aliphatic rings. The van der Waals surface area contributed by atoms with E-state index in [0.717, 1.165) is 43.4 Å². The van der Waals surface area contributed by atoms with Gasteiger partial charge in [-0.15, -0.1) is 11.3 Å². The molecule has 0 bridgehead atoms. The molecule has 2 aromatic rings. The van der Waals surface area contributed by atoms with Gasteiger partial charge in [-0.1, -0.05) is 6.07 Å². The van der Waals surface area contributed by atoms with Crippen LogP contribution in [0.2, 0.25) is 0 Å². The highest BCUT2D eigenvalue weighted by molar-refractivity contribution is 7.18. The van der Waals surface area contributed by atoms with Gasteiger partial charge in [0.1, 0.15) is 10.7 Å². The zero-order chi connectivity index (χ0) is 15.9. The molecule has 0 aliphatic carbocycles. The average Bonchev–Trinajstić information content (AvgIpc) is 3.10. The van der Waals surface area contributed by atoms with Gasteiger partial charge < -0.3 is 10.5 Å². The van der Waals surface area contributed by atoms with Gasteiger partial charge in [0, 0.05) is 19.6 Å². The number of benzene rings is 1. The van der Waals surface area contributed by atoms with E-state index in [1.165, 1.54) is 10.3 Å². The third-order valence-corrected chi connectivity index (χ3v) is 5.67. The van der Waals surface area contributed by atoms with Gasteiger partial charge in [0.25, 0.3) is 0 Å². The number of nitrogens with two attached hydrogens (primary N) is 1. The molecule has 1 saturated heterocycles. The topological polar surface area (TPSA) is 76.1 Å². The van der Waals surface area contributed by atoms with Crippen molar-refractivity contribution in [3.63, 3.8) is 0 Å². The molecule has 0 saturated carbocycles. The van der Waals surface area contributed by atoms with E-state index >= 15 is 0 Å². The highest BCUT2D eigenvalue weighted by atomic mass is 32.1. The summed E-state index contributed by atoms with van der Waals surface area (Å²) < 4.78 is 6.62. The highest BCUT2D eigenvalue weighted by Gasteiger charge is 2.37. The maximum absolute atomic E-state index is 6.22. The largest absolute Gasteiger partial charge is 0.379 e. The number of thiazole rings is 1. The second kappa shape index (κ2) is 5.90. The molecule has 23 heavy (non-hydrogen) atoms. The van der Waals surface area contributed by atoms with Crippen LogP contribution in [-0.4, -0.2) is 48.4 Å². The van der Waals surface area contributed by atoms with Gasteiger partial charge in [0.05, 0.1) is 35.9 Å². The monoisotopic (exact) mass is 331 g/mol. The van der Waals surface area contributed by atoms with Crippen molar-refractivity contribution >= 4 is 21.6 Å². The van der Waals surface area contributed by atoms with Gasteiger partial charge in [-0.2, -0.15) is 10.2 Å². The van der Waals surface area contributed by atoms with Gasteiger partial charge in [-0.25, -0.2) is 4.98 Å². The van der Waals surface area contributed by atoms with Crippen molar-refractivity contribution < 1.29 is 4.74 Å². The molecule has 2 unspecified atom stereocenters. The van der Waals surface area contributed by atoms with Crippen LogP contribution >= 0.6 is 11.3 Å². The number of morpholine rings is 1. The van der Waals surface area contributed by atoms with Gasteiger partial charge in [-0.05, 0) is 24.6 Å². The molecule has 6 nitrogen and oxygen atoms in total. The van der Waals surface area contributed by atoms with Crippen LogP contribution in [0.1, 0.15) is 23.4 Å². The lowest BCUT2D eigenvalue weighted by molar-refractivity contribution is 0.0342. The molecule has 2 atom stereocenters. The van der Waals surface area contributed by atoms with Crippen molar-refractivity contribution in [2.24, 2.45) is 16.0 Å². The lowest BCUT2D eigenvalue weighted by Crippen LogP contribution is -2.38.